The summed E-state index contributed by atoms with van der Waals surface area (Å²) < 4.78 is 0. The minimum Gasteiger partial charge on any atom is -0.369 e. The quantitative estimate of drug-likeness (QED) is 0.501. The van der Waals surface area contributed by atoms with E-state index in [-0.39, 0.29) is 5.78 Å². The first-order chi connectivity index (χ1) is 4.22. The highest BCUT2D eigenvalue weighted by Gasteiger charge is 2.29. The Hall–Kier alpha value is -0.510. The molecule has 0 radical (unpaired) electrons. The molecule has 1 rings (SSSR count). The van der Waals surface area contributed by atoms with Crippen LogP contribution in [-0.4, -0.2) is 23.2 Å². The maximum Gasteiger partial charge on any atom is 0.228 e. The molecule has 3 nitrogen and oxygen atoms in total. The van der Waals surface area contributed by atoms with Crippen LogP contribution in [0.25, 0.3) is 0 Å². The molecule has 0 bridgehead atoms. The molecule has 1 amide bonds. The minimum absolute atomic E-state index is 0.0208. The Balaban J connectivity index is 2.60. The summed E-state index contributed by atoms with van der Waals surface area (Å²) in [5.41, 5.74) is 4.92. The molecule has 2 N–H and O–H groups in total. The van der Waals surface area contributed by atoms with Crippen LogP contribution in [-0.2, 0) is 9.59 Å². The fraction of sp³-hybridized carbons (Fsp3) is 0.600. The predicted molar refractivity (Wildman–Crippen MR) is 35.0 cm³/mol. The summed E-state index contributed by atoms with van der Waals surface area (Å²) in [6, 6.07) is 0. The zero-order chi connectivity index (χ0) is 6.85. The van der Waals surface area contributed by atoms with Gasteiger partial charge in [0.05, 0.1) is 5.75 Å². The van der Waals surface area contributed by atoms with Crippen LogP contribution in [0.5, 0.6) is 0 Å². The Morgan fingerprint density at radius 1 is 1.78 bits per heavy atom. The second kappa shape index (κ2) is 2.39. The van der Waals surface area contributed by atoms with Gasteiger partial charge in [-0.05, 0) is 0 Å². The summed E-state index contributed by atoms with van der Waals surface area (Å²) in [6.07, 6.45) is 0. The van der Waals surface area contributed by atoms with E-state index in [0.29, 0.717) is 11.5 Å². The zero-order valence-corrected chi connectivity index (χ0v) is 5.61. The number of ketones is 1. The zero-order valence-electron chi connectivity index (χ0n) is 4.79. The highest BCUT2D eigenvalue weighted by atomic mass is 32.2. The molecule has 1 aliphatic heterocycles. The van der Waals surface area contributed by atoms with Gasteiger partial charge < -0.3 is 5.73 Å². The molecule has 4 heteroatoms. The topological polar surface area (TPSA) is 60.2 Å². The number of thioether (sulfide) groups is 1. The van der Waals surface area contributed by atoms with Gasteiger partial charge in [0.1, 0.15) is 5.92 Å². The van der Waals surface area contributed by atoms with E-state index in [1.807, 2.05) is 0 Å². The van der Waals surface area contributed by atoms with Gasteiger partial charge in [0.15, 0.2) is 5.78 Å². The van der Waals surface area contributed by atoms with Crippen molar-refractivity contribution in [1.29, 1.82) is 0 Å². The predicted octanol–water partition coefficient (Wildman–Crippen LogP) is -0.596. The Morgan fingerprint density at radius 2 is 2.44 bits per heavy atom. The first kappa shape index (κ1) is 6.61. The molecule has 0 unspecified atom stereocenters. The van der Waals surface area contributed by atoms with Gasteiger partial charge >= 0.3 is 0 Å². The molecule has 0 saturated carbocycles. The van der Waals surface area contributed by atoms with Crippen molar-refractivity contribution in [2.24, 2.45) is 11.7 Å². The van der Waals surface area contributed by atoms with Crippen LogP contribution in [0.2, 0.25) is 0 Å². The monoisotopic (exact) mass is 145 g/mol. The smallest absolute Gasteiger partial charge is 0.228 e. The van der Waals surface area contributed by atoms with Crippen molar-refractivity contribution in [3.8, 4) is 0 Å². The Labute approximate surface area is 57.0 Å². The number of carbonyl (C=O) groups excluding carboxylic acids is 2. The van der Waals surface area contributed by atoms with E-state index < -0.39 is 11.8 Å². The molecule has 9 heavy (non-hydrogen) atoms. The number of hydrogen-bond donors (Lipinski definition) is 1. The third-order valence-electron chi connectivity index (χ3n) is 1.26. The summed E-state index contributed by atoms with van der Waals surface area (Å²) >= 11 is 1.47. The maximum atomic E-state index is 10.7. The summed E-state index contributed by atoms with van der Waals surface area (Å²) in [5.74, 6) is 0.0226. The van der Waals surface area contributed by atoms with Crippen molar-refractivity contribution in [3.05, 3.63) is 0 Å². The number of hydrogen-bond acceptors (Lipinski definition) is 3. The van der Waals surface area contributed by atoms with Gasteiger partial charge in [-0.15, -0.1) is 0 Å². The lowest BCUT2D eigenvalue weighted by atomic mass is 10.1. The molecule has 0 spiro atoms. The van der Waals surface area contributed by atoms with E-state index in [4.69, 9.17) is 5.73 Å². The van der Waals surface area contributed by atoms with Crippen molar-refractivity contribution in [2.75, 3.05) is 11.5 Å². The molecule has 1 heterocycles. The third kappa shape index (κ3) is 1.24. The molecule has 0 aromatic heterocycles. The van der Waals surface area contributed by atoms with Crippen LogP contribution in [0.1, 0.15) is 0 Å². The number of primary amides is 1. The van der Waals surface area contributed by atoms with Crippen LogP contribution in [0.4, 0.5) is 0 Å². The van der Waals surface area contributed by atoms with Crippen molar-refractivity contribution >= 4 is 23.5 Å². The number of amides is 1. The van der Waals surface area contributed by atoms with E-state index in [1.165, 1.54) is 11.8 Å². The average molecular weight is 145 g/mol. The molecule has 50 valence electrons. The number of Topliss-reactive ketones (excluding diaryl/α,β-unsaturated/α-hetero) is 1. The first-order valence-electron chi connectivity index (χ1n) is 2.61. The van der Waals surface area contributed by atoms with E-state index in [0.717, 1.165) is 0 Å². The lowest BCUT2D eigenvalue weighted by Crippen LogP contribution is -2.28. The fourth-order valence-corrected chi connectivity index (χ4v) is 1.82. The lowest BCUT2D eigenvalue weighted by molar-refractivity contribution is -0.129. The lowest BCUT2D eigenvalue weighted by Gasteiger charge is -1.97. The minimum atomic E-state index is -0.505. The molecule has 1 fully saturated rings. The van der Waals surface area contributed by atoms with Crippen LogP contribution >= 0.6 is 11.8 Å². The van der Waals surface area contributed by atoms with E-state index in [9.17, 15) is 9.59 Å². The van der Waals surface area contributed by atoms with Crippen molar-refractivity contribution in [2.45, 2.75) is 0 Å². The number of carbonyl (C=O) groups is 2. The Morgan fingerprint density at radius 3 is 2.67 bits per heavy atom. The summed E-state index contributed by atoms with van der Waals surface area (Å²) in [7, 11) is 0. The first-order valence-corrected chi connectivity index (χ1v) is 3.77. The molecule has 1 saturated heterocycles. The number of rotatable bonds is 1. The largest absolute Gasteiger partial charge is 0.369 e. The van der Waals surface area contributed by atoms with Gasteiger partial charge in [0.2, 0.25) is 5.91 Å². The Kier molecular flexibility index (Phi) is 1.75. The van der Waals surface area contributed by atoms with Crippen LogP contribution in [0.3, 0.4) is 0 Å². The van der Waals surface area contributed by atoms with E-state index in [1.54, 1.807) is 0 Å². The molecule has 1 aliphatic rings. The molecular weight excluding hydrogens is 138 g/mol. The van der Waals surface area contributed by atoms with Gasteiger partial charge in [0.25, 0.3) is 0 Å². The van der Waals surface area contributed by atoms with E-state index in [2.05, 4.69) is 0 Å². The highest BCUT2D eigenvalue weighted by Crippen LogP contribution is 2.19. The third-order valence-corrected chi connectivity index (χ3v) is 2.32. The van der Waals surface area contributed by atoms with Gasteiger partial charge in [-0.3, -0.25) is 9.59 Å². The van der Waals surface area contributed by atoms with Crippen LogP contribution < -0.4 is 5.73 Å². The standard InChI is InChI=1S/C5H7NO2S/c6-5(8)3-1-9-2-4(3)7/h3H,1-2H2,(H2,6,8)/t3-/m1/s1. The van der Waals surface area contributed by atoms with E-state index >= 15 is 0 Å². The van der Waals surface area contributed by atoms with Crippen molar-refractivity contribution in [1.82, 2.24) is 0 Å². The van der Waals surface area contributed by atoms with Gasteiger partial charge in [-0.1, -0.05) is 0 Å². The number of nitrogens with two attached hydrogens (primary N) is 1. The summed E-state index contributed by atoms with van der Waals surface area (Å²) in [4.78, 5) is 21.1. The fourth-order valence-electron chi connectivity index (χ4n) is 0.712. The van der Waals surface area contributed by atoms with Gasteiger partial charge in [-0.2, -0.15) is 11.8 Å². The van der Waals surface area contributed by atoms with Crippen molar-refractivity contribution < 1.29 is 9.59 Å². The molecule has 0 aromatic rings. The van der Waals surface area contributed by atoms with Gasteiger partial charge in [0, 0.05) is 5.75 Å². The average Bonchev–Trinajstić information content (AvgIpc) is 2.13. The summed E-state index contributed by atoms with van der Waals surface area (Å²) in [5, 5.41) is 0. The molecule has 0 aromatic carbocycles. The van der Waals surface area contributed by atoms with Gasteiger partial charge in [-0.25, -0.2) is 0 Å². The molecule has 1 atom stereocenters. The maximum absolute atomic E-state index is 10.7. The second-order valence-electron chi connectivity index (χ2n) is 1.94. The van der Waals surface area contributed by atoms with Crippen molar-refractivity contribution in [3.63, 3.8) is 0 Å². The van der Waals surface area contributed by atoms with Crippen LogP contribution in [0, 0.1) is 5.92 Å². The Bertz CT molecular complexity index is 157. The normalized spacial score (nSPS) is 26.7. The SMILES string of the molecule is NC(=O)[C@@H]1CSCC1=O. The summed E-state index contributed by atoms with van der Waals surface area (Å²) in [6.45, 7) is 0. The highest BCUT2D eigenvalue weighted by molar-refractivity contribution is 8.00. The second-order valence-corrected chi connectivity index (χ2v) is 2.97. The van der Waals surface area contributed by atoms with Crippen LogP contribution in [0.15, 0.2) is 0 Å². The molecule has 0 aliphatic carbocycles. The molecular formula is C5H7NO2S.